The van der Waals surface area contributed by atoms with E-state index in [0.29, 0.717) is 6.54 Å². The van der Waals surface area contributed by atoms with Crippen molar-refractivity contribution in [2.75, 3.05) is 20.7 Å². The lowest BCUT2D eigenvalue weighted by Gasteiger charge is -2.40. The van der Waals surface area contributed by atoms with Gasteiger partial charge in [-0.3, -0.25) is 4.90 Å². The van der Waals surface area contributed by atoms with Crippen LogP contribution in [0.3, 0.4) is 0 Å². The molecule has 1 rings (SSSR count). The minimum Gasteiger partial charge on any atom is -0.497 e. The van der Waals surface area contributed by atoms with Gasteiger partial charge in [-0.1, -0.05) is 19.1 Å². The molecule has 102 valence electrons. The molecule has 0 fully saturated rings. The summed E-state index contributed by atoms with van der Waals surface area (Å²) < 4.78 is 5.28. The molecule has 0 heterocycles. The number of likely N-dealkylation sites (N-methyl/N-ethyl adjacent to an activating group) is 1. The zero-order chi connectivity index (χ0) is 13.8. The average Bonchev–Trinajstić information content (AvgIpc) is 2.39. The Morgan fingerprint density at radius 3 is 2.56 bits per heavy atom. The molecule has 18 heavy (non-hydrogen) atoms. The molecule has 0 aliphatic carbocycles. The van der Waals surface area contributed by atoms with E-state index in [-0.39, 0.29) is 11.6 Å². The maximum atomic E-state index is 5.97. The second-order valence-electron chi connectivity index (χ2n) is 5.31. The molecule has 1 aromatic rings. The third kappa shape index (κ3) is 3.24. The van der Waals surface area contributed by atoms with Gasteiger partial charge < -0.3 is 10.5 Å². The summed E-state index contributed by atoms with van der Waals surface area (Å²) in [5, 5.41) is 0. The highest BCUT2D eigenvalue weighted by atomic mass is 16.5. The lowest BCUT2D eigenvalue weighted by atomic mass is 9.95. The van der Waals surface area contributed by atoms with Crippen LogP contribution in [0, 0.1) is 0 Å². The average molecular weight is 250 g/mol. The van der Waals surface area contributed by atoms with Crippen molar-refractivity contribution >= 4 is 0 Å². The molecular formula is C15H26N2O. The monoisotopic (exact) mass is 250 g/mol. The van der Waals surface area contributed by atoms with Crippen molar-refractivity contribution in [1.82, 2.24) is 4.90 Å². The first kappa shape index (κ1) is 15.0. The molecule has 0 radical (unpaired) electrons. The summed E-state index contributed by atoms with van der Waals surface area (Å²) in [7, 11) is 3.83. The summed E-state index contributed by atoms with van der Waals surface area (Å²) in [6.07, 6.45) is 1.09. The Morgan fingerprint density at radius 1 is 1.39 bits per heavy atom. The third-order valence-corrected chi connectivity index (χ3v) is 3.99. The second kappa shape index (κ2) is 6.21. The van der Waals surface area contributed by atoms with E-state index in [2.05, 4.69) is 44.9 Å². The van der Waals surface area contributed by atoms with Crippen molar-refractivity contribution in [1.29, 1.82) is 0 Å². The Kier molecular flexibility index (Phi) is 5.17. The Labute approximate surface area is 111 Å². The van der Waals surface area contributed by atoms with Gasteiger partial charge in [-0.25, -0.2) is 0 Å². The highest BCUT2D eigenvalue weighted by Crippen LogP contribution is 2.29. The number of methoxy groups -OCH3 is 1. The summed E-state index contributed by atoms with van der Waals surface area (Å²) in [6.45, 7) is 7.30. The molecule has 1 unspecified atom stereocenters. The van der Waals surface area contributed by atoms with Gasteiger partial charge in [-0.2, -0.15) is 0 Å². The second-order valence-corrected chi connectivity index (χ2v) is 5.31. The number of rotatable bonds is 6. The molecule has 1 aromatic carbocycles. The third-order valence-electron chi connectivity index (χ3n) is 3.99. The minimum absolute atomic E-state index is 0.132. The number of ether oxygens (including phenoxy) is 1. The first-order valence-corrected chi connectivity index (χ1v) is 6.53. The molecule has 0 bridgehead atoms. The summed E-state index contributed by atoms with van der Waals surface area (Å²) in [5.41, 5.74) is 7.31. The van der Waals surface area contributed by atoms with E-state index >= 15 is 0 Å². The number of benzene rings is 1. The fourth-order valence-electron chi connectivity index (χ4n) is 2.04. The zero-order valence-corrected chi connectivity index (χ0v) is 12.2. The molecule has 3 nitrogen and oxygen atoms in total. The molecule has 0 saturated heterocycles. The summed E-state index contributed by atoms with van der Waals surface area (Å²) in [4.78, 5) is 2.35. The van der Waals surface area contributed by atoms with E-state index < -0.39 is 0 Å². The number of hydrogen-bond donors (Lipinski definition) is 1. The van der Waals surface area contributed by atoms with Gasteiger partial charge in [0.1, 0.15) is 5.75 Å². The Morgan fingerprint density at radius 2 is 2.06 bits per heavy atom. The maximum absolute atomic E-state index is 5.97. The van der Waals surface area contributed by atoms with E-state index in [1.807, 2.05) is 12.1 Å². The molecule has 0 aliphatic rings. The van der Waals surface area contributed by atoms with E-state index in [1.54, 1.807) is 7.11 Å². The smallest absolute Gasteiger partial charge is 0.119 e. The Bertz CT molecular complexity index is 377. The van der Waals surface area contributed by atoms with Crippen LogP contribution >= 0.6 is 0 Å². The first-order valence-electron chi connectivity index (χ1n) is 6.53. The molecule has 3 heteroatoms. The lowest BCUT2D eigenvalue weighted by Crippen LogP contribution is -2.45. The van der Waals surface area contributed by atoms with Gasteiger partial charge in [0.25, 0.3) is 0 Å². The number of nitrogens with two attached hydrogens (primary N) is 1. The topological polar surface area (TPSA) is 38.5 Å². The molecular weight excluding hydrogens is 224 g/mol. The van der Waals surface area contributed by atoms with Crippen LogP contribution in [0.5, 0.6) is 5.75 Å². The van der Waals surface area contributed by atoms with E-state index in [4.69, 9.17) is 10.5 Å². The van der Waals surface area contributed by atoms with Gasteiger partial charge in [0.05, 0.1) is 7.11 Å². The summed E-state index contributed by atoms with van der Waals surface area (Å²) in [5.74, 6) is 0.883. The zero-order valence-electron chi connectivity index (χ0n) is 12.2. The quantitative estimate of drug-likeness (QED) is 0.843. The van der Waals surface area contributed by atoms with Gasteiger partial charge >= 0.3 is 0 Å². The van der Waals surface area contributed by atoms with E-state index in [0.717, 1.165) is 12.2 Å². The predicted molar refractivity (Wildman–Crippen MR) is 76.9 cm³/mol. The fourth-order valence-corrected chi connectivity index (χ4v) is 2.04. The van der Waals surface area contributed by atoms with E-state index in [1.165, 1.54) is 5.56 Å². The predicted octanol–water partition coefficient (Wildman–Crippen LogP) is 2.82. The Balaban J connectivity index is 3.01. The normalized spacial score (nSPS) is 13.7. The Hall–Kier alpha value is -1.06. The summed E-state index contributed by atoms with van der Waals surface area (Å²) >= 11 is 0. The van der Waals surface area contributed by atoms with Gasteiger partial charge in [0, 0.05) is 18.1 Å². The van der Waals surface area contributed by atoms with Crippen LogP contribution in [0.2, 0.25) is 0 Å². The molecule has 2 N–H and O–H groups in total. The molecule has 1 atom stereocenters. The molecule has 0 saturated carbocycles. The van der Waals surface area contributed by atoms with Crippen LogP contribution in [0.4, 0.5) is 0 Å². The minimum atomic E-state index is 0.132. The van der Waals surface area contributed by atoms with Crippen molar-refractivity contribution < 1.29 is 4.74 Å². The molecule has 0 aliphatic heterocycles. The SMILES string of the molecule is CCC(C)(C)N(C)C(CN)c1cccc(OC)c1. The van der Waals surface area contributed by atoms with Crippen LogP contribution < -0.4 is 10.5 Å². The number of nitrogens with zero attached hydrogens (tertiary/aromatic N) is 1. The largest absolute Gasteiger partial charge is 0.497 e. The van der Waals surface area contributed by atoms with Crippen LogP contribution in [0.1, 0.15) is 38.8 Å². The molecule has 0 amide bonds. The van der Waals surface area contributed by atoms with Crippen LogP contribution in [-0.2, 0) is 0 Å². The van der Waals surface area contributed by atoms with Gasteiger partial charge in [0.15, 0.2) is 0 Å². The highest BCUT2D eigenvalue weighted by molar-refractivity contribution is 5.31. The maximum Gasteiger partial charge on any atom is 0.119 e. The van der Waals surface area contributed by atoms with Crippen LogP contribution in [0.15, 0.2) is 24.3 Å². The van der Waals surface area contributed by atoms with Crippen LogP contribution in [0.25, 0.3) is 0 Å². The molecule has 0 spiro atoms. The summed E-state index contributed by atoms with van der Waals surface area (Å²) in [6, 6.07) is 8.38. The van der Waals surface area contributed by atoms with Gasteiger partial charge in [-0.05, 0) is 45.0 Å². The highest BCUT2D eigenvalue weighted by Gasteiger charge is 2.28. The number of hydrogen-bond acceptors (Lipinski definition) is 3. The van der Waals surface area contributed by atoms with Gasteiger partial charge in [0.2, 0.25) is 0 Å². The van der Waals surface area contributed by atoms with Crippen molar-refractivity contribution in [2.24, 2.45) is 5.73 Å². The van der Waals surface area contributed by atoms with Crippen molar-refractivity contribution in [3.05, 3.63) is 29.8 Å². The lowest BCUT2D eigenvalue weighted by molar-refractivity contribution is 0.100. The first-order chi connectivity index (χ1) is 8.46. The van der Waals surface area contributed by atoms with Gasteiger partial charge in [-0.15, -0.1) is 0 Å². The van der Waals surface area contributed by atoms with E-state index in [9.17, 15) is 0 Å². The fraction of sp³-hybridized carbons (Fsp3) is 0.600. The van der Waals surface area contributed by atoms with Crippen molar-refractivity contribution in [2.45, 2.75) is 38.8 Å². The van der Waals surface area contributed by atoms with Crippen molar-refractivity contribution in [3.8, 4) is 5.75 Å². The van der Waals surface area contributed by atoms with Crippen LogP contribution in [-0.4, -0.2) is 31.1 Å². The molecule has 0 aromatic heterocycles. The standard InChI is InChI=1S/C15H26N2O/c1-6-15(2,3)17(4)14(11-16)12-8-7-9-13(10-12)18-5/h7-10,14H,6,11,16H2,1-5H3. The van der Waals surface area contributed by atoms with Crippen molar-refractivity contribution in [3.63, 3.8) is 0 Å².